The summed E-state index contributed by atoms with van der Waals surface area (Å²) in [5, 5.41) is 12.0. The Labute approximate surface area is 165 Å². The van der Waals surface area contributed by atoms with Gasteiger partial charge in [-0.2, -0.15) is 0 Å². The fraction of sp³-hybridized carbons (Fsp3) is 0.263. The van der Waals surface area contributed by atoms with Gasteiger partial charge in [0.1, 0.15) is 5.75 Å². The fourth-order valence-corrected chi connectivity index (χ4v) is 2.96. The van der Waals surface area contributed by atoms with Gasteiger partial charge in [0.2, 0.25) is 0 Å². The summed E-state index contributed by atoms with van der Waals surface area (Å²) in [6.45, 7) is 0. The standard InChI is InChI=1S/C19H20BrNO6/c1-25-12-5-6-14(20)13(9-12)19(24)21-15(10-18(22)23)11-4-7-16(26-2)17(8-11)27-3/h4-9,15H,10H2,1-3H3,(H,21,24)(H,22,23)/t15-/m1/s1. The molecule has 144 valence electrons. The van der Waals surface area contributed by atoms with Gasteiger partial charge >= 0.3 is 5.97 Å². The molecule has 0 saturated heterocycles. The first kappa shape index (κ1) is 20.6. The predicted molar refractivity (Wildman–Crippen MR) is 103 cm³/mol. The Hall–Kier alpha value is -2.74. The van der Waals surface area contributed by atoms with Gasteiger partial charge in [-0.25, -0.2) is 0 Å². The molecule has 0 aliphatic carbocycles. The lowest BCUT2D eigenvalue weighted by molar-refractivity contribution is -0.137. The van der Waals surface area contributed by atoms with E-state index in [2.05, 4.69) is 21.2 Å². The maximum atomic E-state index is 12.7. The van der Waals surface area contributed by atoms with Gasteiger partial charge in [0.05, 0.1) is 39.4 Å². The van der Waals surface area contributed by atoms with Crippen molar-refractivity contribution in [1.82, 2.24) is 5.32 Å². The number of carbonyl (C=O) groups excluding carboxylic acids is 1. The first-order valence-corrected chi connectivity index (χ1v) is 8.77. The number of carboxylic acid groups (broad SMARTS) is 1. The molecule has 1 amide bonds. The summed E-state index contributed by atoms with van der Waals surface area (Å²) < 4.78 is 16.2. The Balaban J connectivity index is 2.35. The monoisotopic (exact) mass is 437 g/mol. The van der Waals surface area contributed by atoms with Crippen LogP contribution in [0, 0.1) is 0 Å². The van der Waals surface area contributed by atoms with Gasteiger partial charge in [-0.15, -0.1) is 0 Å². The van der Waals surface area contributed by atoms with Crippen LogP contribution in [0.3, 0.4) is 0 Å². The average molecular weight is 438 g/mol. The quantitative estimate of drug-likeness (QED) is 0.656. The Morgan fingerprint density at radius 1 is 1.04 bits per heavy atom. The summed E-state index contributed by atoms with van der Waals surface area (Å²) in [7, 11) is 4.50. The zero-order chi connectivity index (χ0) is 20.0. The molecular formula is C19H20BrNO6. The van der Waals surface area contributed by atoms with Gasteiger partial charge in [-0.1, -0.05) is 6.07 Å². The van der Waals surface area contributed by atoms with E-state index >= 15 is 0 Å². The number of hydrogen-bond acceptors (Lipinski definition) is 5. The van der Waals surface area contributed by atoms with E-state index in [-0.39, 0.29) is 6.42 Å². The van der Waals surface area contributed by atoms with Crippen LogP contribution in [-0.2, 0) is 4.79 Å². The van der Waals surface area contributed by atoms with Crippen LogP contribution >= 0.6 is 15.9 Å². The molecule has 27 heavy (non-hydrogen) atoms. The van der Waals surface area contributed by atoms with Crippen LogP contribution in [0.2, 0.25) is 0 Å². The Bertz CT molecular complexity index is 839. The molecule has 8 heteroatoms. The summed E-state index contributed by atoms with van der Waals surface area (Å²) in [6, 6.07) is 9.22. The molecule has 0 radical (unpaired) electrons. The molecule has 7 nitrogen and oxygen atoms in total. The number of amides is 1. The highest BCUT2D eigenvalue weighted by molar-refractivity contribution is 9.10. The second-order valence-electron chi connectivity index (χ2n) is 5.58. The van der Waals surface area contributed by atoms with Gasteiger partial charge in [0, 0.05) is 4.47 Å². The topological polar surface area (TPSA) is 94.1 Å². The van der Waals surface area contributed by atoms with Crippen LogP contribution in [0.15, 0.2) is 40.9 Å². The van der Waals surface area contributed by atoms with Crippen molar-refractivity contribution >= 4 is 27.8 Å². The third kappa shape index (κ3) is 5.13. The molecule has 0 spiro atoms. The number of rotatable bonds is 8. The van der Waals surface area contributed by atoms with Crippen molar-refractivity contribution in [3.8, 4) is 17.2 Å². The van der Waals surface area contributed by atoms with Crippen molar-refractivity contribution < 1.29 is 28.9 Å². The number of ether oxygens (including phenoxy) is 3. The second kappa shape index (κ2) is 9.27. The number of methoxy groups -OCH3 is 3. The lowest BCUT2D eigenvalue weighted by atomic mass is 10.0. The average Bonchev–Trinajstić information content (AvgIpc) is 2.66. The highest BCUT2D eigenvalue weighted by Crippen LogP contribution is 2.31. The first-order chi connectivity index (χ1) is 12.9. The highest BCUT2D eigenvalue weighted by atomic mass is 79.9. The smallest absolute Gasteiger partial charge is 0.305 e. The SMILES string of the molecule is COc1ccc(Br)c(C(=O)N[C@H](CC(=O)O)c2ccc(OC)c(OC)c2)c1. The maximum Gasteiger partial charge on any atom is 0.305 e. The number of carboxylic acids is 1. The first-order valence-electron chi connectivity index (χ1n) is 7.97. The molecule has 0 heterocycles. The van der Waals surface area contributed by atoms with Crippen molar-refractivity contribution in [2.45, 2.75) is 12.5 Å². The van der Waals surface area contributed by atoms with E-state index in [1.807, 2.05) is 0 Å². The van der Waals surface area contributed by atoms with Crippen molar-refractivity contribution in [2.24, 2.45) is 0 Å². The van der Waals surface area contributed by atoms with Gasteiger partial charge in [0.15, 0.2) is 11.5 Å². The Morgan fingerprint density at radius 3 is 2.33 bits per heavy atom. The highest BCUT2D eigenvalue weighted by Gasteiger charge is 2.22. The minimum atomic E-state index is -1.04. The zero-order valence-electron chi connectivity index (χ0n) is 15.1. The molecule has 2 aromatic carbocycles. The van der Waals surface area contributed by atoms with E-state index in [4.69, 9.17) is 14.2 Å². The number of carbonyl (C=O) groups is 2. The summed E-state index contributed by atoms with van der Waals surface area (Å²) in [6.07, 6.45) is -0.289. The van der Waals surface area contributed by atoms with Crippen LogP contribution in [0.25, 0.3) is 0 Å². The molecule has 0 unspecified atom stereocenters. The number of benzene rings is 2. The van der Waals surface area contributed by atoms with E-state index in [1.54, 1.807) is 36.4 Å². The van der Waals surface area contributed by atoms with Crippen LogP contribution in [-0.4, -0.2) is 38.3 Å². The van der Waals surface area contributed by atoms with Crippen LogP contribution < -0.4 is 19.5 Å². The molecule has 0 aliphatic heterocycles. The maximum absolute atomic E-state index is 12.7. The third-order valence-corrected chi connectivity index (χ3v) is 4.60. The van der Waals surface area contributed by atoms with Crippen LogP contribution in [0.4, 0.5) is 0 Å². The molecule has 2 aromatic rings. The molecule has 0 bridgehead atoms. The van der Waals surface area contributed by atoms with Crippen molar-refractivity contribution in [3.05, 3.63) is 52.0 Å². The summed E-state index contributed by atoms with van der Waals surface area (Å²) >= 11 is 3.33. The zero-order valence-corrected chi connectivity index (χ0v) is 16.7. The molecule has 2 N–H and O–H groups in total. The number of hydrogen-bond donors (Lipinski definition) is 2. The molecule has 0 aromatic heterocycles. The number of nitrogens with one attached hydrogen (secondary N) is 1. The number of aliphatic carboxylic acids is 1. The predicted octanol–water partition coefficient (Wildman–Crippen LogP) is 3.42. The van der Waals surface area contributed by atoms with E-state index in [0.29, 0.717) is 32.8 Å². The van der Waals surface area contributed by atoms with Crippen molar-refractivity contribution in [2.75, 3.05) is 21.3 Å². The molecular weight excluding hydrogens is 418 g/mol. The fourth-order valence-electron chi connectivity index (χ4n) is 2.54. The second-order valence-corrected chi connectivity index (χ2v) is 6.44. The normalized spacial score (nSPS) is 11.4. The summed E-state index contributed by atoms with van der Waals surface area (Å²) in [4.78, 5) is 24.0. The Kier molecular flexibility index (Phi) is 7.06. The van der Waals surface area contributed by atoms with Gasteiger partial charge in [-0.05, 0) is 51.8 Å². The van der Waals surface area contributed by atoms with Crippen molar-refractivity contribution in [3.63, 3.8) is 0 Å². The minimum Gasteiger partial charge on any atom is -0.497 e. The lowest BCUT2D eigenvalue weighted by Gasteiger charge is -2.19. The largest absolute Gasteiger partial charge is 0.497 e. The van der Waals surface area contributed by atoms with E-state index in [0.717, 1.165) is 0 Å². The molecule has 1 atom stereocenters. The van der Waals surface area contributed by atoms with Crippen LogP contribution in [0.1, 0.15) is 28.4 Å². The van der Waals surface area contributed by atoms with Gasteiger partial charge < -0.3 is 24.6 Å². The van der Waals surface area contributed by atoms with Crippen molar-refractivity contribution in [1.29, 1.82) is 0 Å². The molecule has 0 saturated carbocycles. The Morgan fingerprint density at radius 2 is 1.74 bits per heavy atom. The summed E-state index contributed by atoms with van der Waals surface area (Å²) in [5.41, 5.74) is 0.924. The minimum absolute atomic E-state index is 0.289. The van der Waals surface area contributed by atoms with E-state index in [9.17, 15) is 14.7 Å². The lowest BCUT2D eigenvalue weighted by Crippen LogP contribution is -2.30. The van der Waals surface area contributed by atoms with Crippen LogP contribution in [0.5, 0.6) is 17.2 Å². The molecule has 0 aliphatic rings. The number of halogens is 1. The summed E-state index contributed by atoms with van der Waals surface area (Å²) in [5.74, 6) is 0.00486. The molecule has 0 fully saturated rings. The third-order valence-electron chi connectivity index (χ3n) is 3.91. The van der Waals surface area contributed by atoms with E-state index < -0.39 is 17.9 Å². The van der Waals surface area contributed by atoms with Gasteiger partial charge in [0.25, 0.3) is 5.91 Å². The van der Waals surface area contributed by atoms with Gasteiger partial charge in [-0.3, -0.25) is 9.59 Å². The molecule has 2 rings (SSSR count). The van der Waals surface area contributed by atoms with E-state index in [1.165, 1.54) is 21.3 Å².